The third-order valence-corrected chi connectivity index (χ3v) is 6.62. The highest BCUT2D eigenvalue weighted by Gasteiger charge is 2.36. The Labute approximate surface area is 117 Å². The number of hydrogen-bond acceptors (Lipinski definition) is 3. The first-order valence-electron chi connectivity index (χ1n) is 7.00. The van der Waals surface area contributed by atoms with E-state index in [1.54, 1.807) is 0 Å². The van der Waals surface area contributed by atoms with Gasteiger partial charge < -0.3 is 8.85 Å². The van der Waals surface area contributed by atoms with Crippen molar-refractivity contribution in [3.05, 3.63) is 30.3 Å². The molecule has 0 spiro atoms. The zero-order valence-electron chi connectivity index (χ0n) is 12.5. The zero-order chi connectivity index (χ0) is 13.9. The first kappa shape index (κ1) is 14.7. The topological polar surface area (TPSA) is 21.7 Å². The lowest BCUT2D eigenvalue weighted by Crippen LogP contribution is -2.56. The number of benzene rings is 1. The molecule has 0 unspecified atom stereocenters. The van der Waals surface area contributed by atoms with Crippen LogP contribution in [0.3, 0.4) is 0 Å². The zero-order valence-corrected chi connectivity index (χ0v) is 13.5. The molecule has 0 atom stereocenters. The quantitative estimate of drug-likeness (QED) is 0.735. The van der Waals surface area contributed by atoms with Crippen molar-refractivity contribution in [2.75, 3.05) is 26.3 Å². The van der Waals surface area contributed by atoms with Gasteiger partial charge in [0.15, 0.2) is 0 Å². The second kappa shape index (κ2) is 5.75. The Bertz CT molecular complexity index is 392. The highest BCUT2D eigenvalue weighted by molar-refractivity contribution is 6.79. The van der Waals surface area contributed by atoms with Gasteiger partial charge in [0.25, 0.3) is 0 Å². The predicted octanol–water partition coefficient (Wildman–Crippen LogP) is 2.11. The molecule has 0 N–H and O–H groups in total. The summed E-state index contributed by atoms with van der Waals surface area (Å²) in [5, 5.41) is 1.22. The van der Waals surface area contributed by atoms with E-state index < -0.39 is 8.56 Å². The summed E-state index contributed by atoms with van der Waals surface area (Å²) in [4.78, 5) is 2.42. The van der Waals surface area contributed by atoms with Gasteiger partial charge in [-0.2, -0.15) is 0 Å². The summed E-state index contributed by atoms with van der Waals surface area (Å²) in [6.45, 7) is 12.3. The first-order valence-corrected chi connectivity index (χ1v) is 9.32. The third-order valence-electron chi connectivity index (χ3n) is 3.72. The van der Waals surface area contributed by atoms with E-state index in [4.69, 9.17) is 8.85 Å². The second-order valence-electron chi connectivity index (χ2n) is 6.17. The average molecular weight is 279 g/mol. The lowest BCUT2D eigenvalue weighted by Gasteiger charge is -2.39. The van der Waals surface area contributed by atoms with Crippen LogP contribution in [0.25, 0.3) is 0 Å². The Balaban J connectivity index is 2.05. The molecule has 106 valence electrons. The van der Waals surface area contributed by atoms with Crippen molar-refractivity contribution in [3.63, 3.8) is 0 Å². The summed E-state index contributed by atoms with van der Waals surface area (Å²) in [6.07, 6.45) is 0. The van der Waals surface area contributed by atoms with Crippen molar-refractivity contribution >= 4 is 13.7 Å². The van der Waals surface area contributed by atoms with Gasteiger partial charge in [0.2, 0.25) is 0 Å². The maximum Gasteiger partial charge on any atom is 0.369 e. The molecule has 1 aromatic rings. The molecule has 1 aliphatic rings. The van der Waals surface area contributed by atoms with E-state index in [1.165, 1.54) is 5.19 Å². The van der Waals surface area contributed by atoms with Crippen LogP contribution in [0.2, 0.25) is 6.55 Å². The summed E-state index contributed by atoms with van der Waals surface area (Å²) in [5.74, 6) is 0. The van der Waals surface area contributed by atoms with Gasteiger partial charge >= 0.3 is 8.56 Å². The molecule has 0 bridgehead atoms. The summed E-state index contributed by atoms with van der Waals surface area (Å²) >= 11 is 0. The van der Waals surface area contributed by atoms with E-state index in [0.717, 1.165) is 26.3 Å². The van der Waals surface area contributed by atoms with E-state index in [9.17, 15) is 0 Å². The maximum atomic E-state index is 6.16. The summed E-state index contributed by atoms with van der Waals surface area (Å²) in [6, 6.07) is 10.4. The van der Waals surface area contributed by atoms with Crippen LogP contribution in [0.4, 0.5) is 0 Å². The molecule has 0 aromatic heterocycles. The van der Waals surface area contributed by atoms with Crippen molar-refractivity contribution in [2.24, 2.45) is 0 Å². The molecular formula is C15H25NO2Si. The number of hydrogen-bond donors (Lipinski definition) is 0. The standard InChI is InChI=1S/C15H25NO2Si/c1-15(2,3)16-10-12-17-19(4,18-13-11-16)14-8-6-5-7-9-14/h5-9H,10-13H2,1-4H3. The van der Waals surface area contributed by atoms with Gasteiger partial charge in [-0.25, -0.2) is 0 Å². The SMILES string of the molecule is CC(C)(C)N1CCO[Si](C)(c2ccccc2)OCC1. The summed E-state index contributed by atoms with van der Waals surface area (Å²) in [5.41, 5.74) is 0.175. The lowest BCUT2D eigenvalue weighted by molar-refractivity contribution is 0.0526. The van der Waals surface area contributed by atoms with Gasteiger partial charge in [0.1, 0.15) is 0 Å². The van der Waals surface area contributed by atoms with Gasteiger partial charge in [-0.05, 0) is 32.5 Å². The molecule has 1 aliphatic heterocycles. The highest BCUT2D eigenvalue weighted by Crippen LogP contribution is 2.17. The van der Waals surface area contributed by atoms with Crippen LogP contribution >= 0.6 is 0 Å². The number of rotatable bonds is 1. The van der Waals surface area contributed by atoms with Crippen LogP contribution in [0.5, 0.6) is 0 Å². The minimum Gasteiger partial charge on any atom is -0.390 e. The van der Waals surface area contributed by atoms with E-state index in [1.807, 2.05) is 6.07 Å². The molecule has 3 nitrogen and oxygen atoms in total. The minimum absolute atomic E-state index is 0.175. The molecular weight excluding hydrogens is 254 g/mol. The van der Waals surface area contributed by atoms with Crippen molar-refractivity contribution < 1.29 is 8.85 Å². The minimum atomic E-state index is -2.21. The third kappa shape index (κ3) is 3.66. The molecule has 0 amide bonds. The molecule has 1 fully saturated rings. The highest BCUT2D eigenvalue weighted by atomic mass is 28.4. The van der Waals surface area contributed by atoms with E-state index >= 15 is 0 Å². The number of nitrogens with zero attached hydrogens (tertiary/aromatic N) is 1. The fourth-order valence-electron chi connectivity index (χ4n) is 2.43. The molecule has 0 aliphatic carbocycles. The normalized spacial score (nSPS) is 21.7. The molecule has 19 heavy (non-hydrogen) atoms. The van der Waals surface area contributed by atoms with Gasteiger partial charge in [0.05, 0.1) is 0 Å². The molecule has 0 saturated carbocycles. The maximum absolute atomic E-state index is 6.16. The van der Waals surface area contributed by atoms with Crippen LogP contribution < -0.4 is 5.19 Å². The largest absolute Gasteiger partial charge is 0.390 e. The van der Waals surface area contributed by atoms with Crippen molar-refractivity contribution in [1.29, 1.82) is 0 Å². The van der Waals surface area contributed by atoms with Gasteiger partial charge in [-0.3, -0.25) is 4.90 Å². The monoisotopic (exact) mass is 279 g/mol. The molecule has 1 aromatic carbocycles. The molecule has 4 heteroatoms. The molecule has 1 saturated heterocycles. The van der Waals surface area contributed by atoms with Gasteiger partial charge in [0, 0.05) is 31.8 Å². The average Bonchev–Trinajstić information content (AvgIpc) is 2.33. The Hall–Kier alpha value is -0.683. The fraction of sp³-hybridized carbons (Fsp3) is 0.600. The first-order chi connectivity index (χ1) is 8.92. The van der Waals surface area contributed by atoms with Gasteiger partial charge in [-0.15, -0.1) is 0 Å². The Morgan fingerprint density at radius 1 is 1.00 bits per heavy atom. The molecule has 2 rings (SSSR count). The van der Waals surface area contributed by atoms with Crippen molar-refractivity contribution in [3.8, 4) is 0 Å². The van der Waals surface area contributed by atoms with Crippen molar-refractivity contribution in [2.45, 2.75) is 32.9 Å². The Morgan fingerprint density at radius 2 is 1.53 bits per heavy atom. The van der Waals surface area contributed by atoms with Gasteiger partial charge in [-0.1, -0.05) is 30.3 Å². The Kier molecular flexibility index (Phi) is 4.45. The van der Waals surface area contributed by atoms with Crippen LogP contribution in [0.1, 0.15) is 20.8 Å². The second-order valence-corrected chi connectivity index (χ2v) is 9.21. The summed E-state index contributed by atoms with van der Waals surface area (Å²) in [7, 11) is -2.21. The molecule has 1 heterocycles. The van der Waals surface area contributed by atoms with Crippen LogP contribution in [0.15, 0.2) is 30.3 Å². The van der Waals surface area contributed by atoms with E-state index in [0.29, 0.717) is 0 Å². The lowest BCUT2D eigenvalue weighted by atomic mass is 10.1. The summed E-state index contributed by atoms with van der Waals surface area (Å²) < 4.78 is 12.3. The molecule has 0 radical (unpaired) electrons. The predicted molar refractivity (Wildman–Crippen MR) is 80.9 cm³/mol. The van der Waals surface area contributed by atoms with Crippen molar-refractivity contribution in [1.82, 2.24) is 4.90 Å². The van der Waals surface area contributed by atoms with E-state index in [-0.39, 0.29) is 5.54 Å². The smallest absolute Gasteiger partial charge is 0.369 e. The van der Waals surface area contributed by atoms with Crippen LogP contribution in [-0.4, -0.2) is 45.3 Å². The van der Waals surface area contributed by atoms with E-state index in [2.05, 4.69) is 56.5 Å². The van der Waals surface area contributed by atoms with Crippen LogP contribution in [-0.2, 0) is 8.85 Å². The Morgan fingerprint density at radius 3 is 2.00 bits per heavy atom. The fourth-order valence-corrected chi connectivity index (χ4v) is 4.61. The van der Waals surface area contributed by atoms with Crippen LogP contribution in [0, 0.1) is 0 Å².